The predicted octanol–water partition coefficient (Wildman–Crippen LogP) is 1.06. The number of aromatic nitrogens is 1. The Morgan fingerprint density at radius 2 is 2.45 bits per heavy atom. The van der Waals surface area contributed by atoms with Gasteiger partial charge in [0.05, 0.1) is 0 Å². The van der Waals surface area contributed by atoms with E-state index in [1.165, 1.54) is 0 Å². The summed E-state index contributed by atoms with van der Waals surface area (Å²) in [4.78, 5) is 3.99. The van der Waals surface area contributed by atoms with Crippen molar-refractivity contribution in [3.63, 3.8) is 0 Å². The van der Waals surface area contributed by atoms with E-state index >= 15 is 0 Å². The second kappa shape index (κ2) is 3.18. The minimum Gasteiger partial charge on any atom is -0.376 e. The SMILES string of the molecule is C#C[C@@H](O)c1cccnc1C. The van der Waals surface area contributed by atoms with Crippen LogP contribution in [0.25, 0.3) is 0 Å². The van der Waals surface area contributed by atoms with Crippen LogP contribution in [0.15, 0.2) is 18.3 Å². The average Bonchev–Trinajstić information content (AvgIpc) is 2.04. The number of aryl methyl sites for hydroxylation is 1. The first-order chi connectivity index (χ1) is 5.25. The van der Waals surface area contributed by atoms with E-state index in [2.05, 4.69) is 10.9 Å². The Hall–Kier alpha value is -1.33. The van der Waals surface area contributed by atoms with Crippen LogP contribution in [0.1, 0.15) is 17.4 Å². The predicted molar refractivity (Wildman–Crippen MR) is 42.8 cm³/mol. The molecule has 0 aliphatic rings. The molecule has 0 spiro atoms. The Bertz CT molecular complexity index is 288. The fraction of sp³-hybridized carbons (Fsp3) is 0.222. The Kier molecular flexibility index (Phi) is 2.25. The average molecular weight is 147 g/mol. The van der Waals surface area contributed by atoms with Crippen molar-refractivity contribution in [3.05, 3.63) is 29.6 Å². The Balaban J connectivity index is 3.05. The molecule has 0 unspecified atom stereocenters. The molecule has 1 aromatic rings. The van der Waals surface area contributed by atoms with E-state index in [0.29, 0.717) is 5.56 Å². The van der Waals surface area contributed by atoms with Crippen LogP contribution in [-0.4, -0.2) is 10.1 Å². The zero-order valence-electron chi connectivity index (χ0n) is 6.28. The maximum Gasteiger partial charge on any atom is 0.141 e. The molecule has 1 atom stereocenters. The minimum absolute atomic E-state index is 0.704. The van der Waals surface area contributed by atoms with E-state index in [9.17, 15) is 5.11 Å². The lowest BCUT2D eigenvalue weighted by Crippen LogP contribution is -1.97. The summed E-state index contributed by atoms with van der Waals surface area (Å²) < 4.78 is 0. The standard InChI is InChI=1S/C9H9NO/c1-3-9(11)8-5-4-6-10-7(8)2/h1,4-6,9,11H,2H3/t9-/m1/s1. The van der Waals surface area contributed by atoms with E-state index in [1.54, 1.807) is 18.3 Å². The first-order valence-corrected chi connectivity index (χ1v) is 3.31. The molecule has 0 saturated heterocycles. The highest BCUT2D eigenvalue weighted by Gasteiger charge is 2.05. The first-order valence-electron chi connectivity index (χ1n) is 3.31. The van der Waals surface area contributed by atoms with Crippen LogP contribution in [0, 0.1) is 19.3 Å². The number of pyridine rings is 1. The summed E-state index contributed by atoms with van der Waals surface area (Å²) in [5.41, 5.74) is 1.48. The van der Waals surface area contributed by atoms with Gasteiger partial charge in [-0.25, -0.2) is 0 Å². The third-order valence-corrected chi connectivity index (χ3v) is 1.50. The summed E-state index contributed by atoms with van der Waals surface area (Å²) in [6.07, 6.45) is 5.88. The maximum atomic E-state index is 9.23. The van der Waals surface area contributed by atoms with Crippen molar-refractivity contribution in [2.75, 3.05) is 0 Å². The molecule has 0 bridgehead atoms. The highest BCUT2D eigenvalue weighted by Crippen LogP contribution is 2.13. The number of rotatable bonds is 1. The molecule has 56 valence electrons. The lowest BCUT2D eigenvalue weighted by Gasteiger charge is -2.04. The van der Waals surface area contributed by atoms with Gasteiger partial charge in [-0.2, -0.15) is 0 Å². The van der Waals surface area contributed by atoms with Crippen molar-refractivity contribution in [1.82, 2.24) is 4.98 Å². The number of hydrogen-bond acceptors (Lipinski definition) is 2. The summed E-state index contributed by atoms with van der Waals surface area (Å²) in [7, 11) is 0. The largest absolute Gasteiger partial charge is 0.376 e. The van der Waals surface area contributed by atoms with Gasteiger partial charge in [-0.3, -0.25) is 4.98 Å². The second-order valence-electron chi connectivity index (χ2n) is 2.25. The van der Waals surface area contributed by atoms with Gasteiger partial charge in [-0.1, -0.05) is 12.0 Å². The number of aliphatic hydroxyl groups excluding tert-OH is 1. The van der Waals surface area contributed by atoms with Gasteiger partial charge >= 0.3 is 0 Å². The number of terminal acetylenes is 1. The third kappa shape index (κ3) is 1.57. The lowest BCUT2D eigenvalue weighted by atomic mass is 10.1. The molecule has 0 radical (unpaired) electrons. The summed E-state index contributed by atoms with van der Waals surface area (Å²) in [6.45, 7) is 1.82. The molecule has 0 fully saturated rings. The lowest BCUT2D eigenvalue weighted by molar-refractivity contribution is 0.237. The van der Waals surface area contributed by atoms with Gasteiger partial charge in [-0.05, 0) is 13.0 Å². The quantitative estimate of drug-likeness (QED) is 0.602. The Labute approximate surface area is 65.9 Å². The Morgan fingerprint density at radius 3 is 3.00 bits per heavy atom. The van der Waals surface area contributed by atoms with Crippen LogP contribution in [0.4, 0.5) is 0 Å². The molecule has 2 heteroatoms. The van der Waals surface area contributed by atoms with Crippen LogP contribution >= 0.6 is 0 Å². The molecule has 0 aliphatic carbocycles. The van der Waals surface area contributed by atoms with Crippen LogP contribution in [0.3, 0.4) is 0 Å². The number of hydrogen-bond donors (Lipinski definition) is 1. The molecule has 0 aliphatic heterocycles. The van der Waals surface area contributed by atoms with Gasteiger partial charge in [0, 0.05) is 17.5 Å². The fourth-order valence-corrected chi connectivity index (χ4v) is 0.875. The van der Waals surface area contributed by atoms with Gasteiger partial charge < -0.3 is 5.11 Å². The smallest absolute Gasteiger partial charge is 0.141 e. The topological polar surface area (TPSA) is 33.1 Å². The highest BCUT2D eigenvalue weighted by atomic mass is 16.3. The number of aliphatic hydroxyl groups is 1. The van der Waals surface area contributed by atoms with Crippen molar-refractivity contribution in [3.8, 4) is 12.3 Å². The van der Waals surface area contributed by atoms with E-state index in [0.717, 1.165) is 5.69 Å². The molecule has 0 amide bonds. The molecular formula is C9H9NO. The van der Waals surface area contributed by atoms with Crippen LogP contribution in [-0.2, 0) is 0 Å². The van der Waals surface area contributed by atoms with Crippen LogP contribution < -0.4 is 0 Å². The molecule has 0 aromatic carbocycles. The van der Waals surface area contributed by atoms with E-state index in [-0.39, 0.29) is 0 Å². The molecule has 1 aromatic heterocycles. The third-order valence-electron chi connectivity index (χ3n) is 1.50. The van der Waals surface area contributed by atoms with Crippen molar-refractivity contribution >= 4 is 0 Å². The highest BCUT2D eigenvalue weighted by molar-refractivity contribution is 5.26. The van der Waals surface area contributed by atoms with Gasteiger partial charge in [0.15, 0.2) is 0 Å². The summed E-state index contributed by atoms with van der Waals surface area (Å²) in [5.74, 6) is 2.24. The Morgan fingerprint density at radius 1 is 1.73 bits per heavy atom. The van der Waals surface area contributed by atoms with Crippen molar-refractivity contribution in [1.29, 1.82) is 0 Å². The monoisotopic (exact) mass is 147 g/mol. The van der Waals surface area contributed by atoms with Crippen LogP contribution in [0.5, 0.6) is 0 Å². The molecule has 1 heterocycles. The summed E-state index contributed by atoms with van der Waals surface area (Å²) in [6, 6.07) is 3.52. The maximum absolute atomic E-state index is 9.23. The second-order valence-corrected chi connectivity index (χ2v) is 2.25. The van der Waals surface area contributed by atoms with Gasteiger partial charge in [0.2, 0.25) is 0 Å². The van der Waals surface area contributed by atoms with Crippen molar-refractivity contribution in [2.45, 2.75) is 13.0 Å². The van der Waals surface area contributed by atoms with Crippen LogP contribution in [0.2, 0.25) is 0 Å². The van der Waals surface area contributed by atoms with E-state index < -0.39 is 6.10 Å². The zero-order chi connectivity index (χ0) is 8.27. The van der Waals surface area contributed by atoms with E-state index in [4.69, 9.17) is 6.42 Å². The fourth-order valence-electron chi connectivity index (χ4n) is 0.875. The van der Waals surface area contributed by atoms with Gasteiger partial charge in [0.1, 0.15) is 6.10 Å². The minimum atomic E-state index is -0.830. The molecule has 11 heavy (non-hydrogen) atoms. The molecule has 1 rings (SSSR count). The van der Waals surface area contributed by atoms with E-state index in [1.807, 2.05) is 6.92 Å². The first kappa shape index (κ1) is 7.77. The summed E-state index contributed by atoms with van der Waals surface area (Å²) in [5, 5.41) is 9.23. The van der Waals surface area contributed by atoms with Crippen molar-refractivity contribution < 1.29 is 5.11 Å². The number of nitrogens with zero attached hydrogens (tertiary/aromatic N) is 1. The zero-order valence-corrected chi connectivity index (χ0v) is 6.28. The normalized spacial score (nSPS) is 12.1. The van der Waals surface area contributed by atoms with Gasteiger partial charge in [-0.15, -0.1) is 6.42 Å². The summed E-state index contributed by atoms with van der Waals surface area (Å²) >= 11 is 0. The van der Waals surface area contributed by atoms with Crippen molar-refractivity contribution in [2.24, 2.45) is 0 Å². The molecule has 0 saturated carbocycles. The van der Waals surface area contributed by atoms with Gasteiger partial charge in [0.25, 0.3) is 0 Å². The molecule has 2 nitrogen and oxygen atoms in total. The molecule has 1 N–H and O–H groups in total. The molecular weight excluding hydrogens is 138 g/mol.